The monoisotopic (exact) mass is 423 g/mol. The van der Waals surface area contributed by atoms with Crippen LogP contribution in [0, 0.1) is 0 Å². The SMILES string of the molecule is CC(C)c1ccc2c(c1)NC(=O)CN1CCN(C(=O)COc3ccccc3)C[C@H]1CO2. The van der Waals surface area contributed by atoms with E-state index < -0.39 is 0 Å². The number of fused-ring (bicyclic) bond motifs is 2. The molecule has 0 unspecified atom stereocenters. The van der Waals surface area contributed by atoms with Crippen molar-refractivity contribution in [3.05, 3.63) is 54.1 Å². The second-order valence-corrected chi connectivity index (χ2v) is 8.34. The number of rotatable bonds is 4. The highest BCUT2D eigenvalue weighted by Gasteiger charge is 2.32. The van der Waals surface area contributed by atoms with E-state index in [0.29, 0.717) is 49.3 Å². The van der Waals surface area contributed by atoms with Gasteiger partial charge in [-0.2, -0.15) is 0 Å². The van der Waals surface area contributed by atoms with E-state index in [-0.39, 0.29) is 31.0 Å². The lowest BCUT2D eigenvalue weighted by Gasteiger charge is -2.40. The number of hydrogen-bond donors (Lipinski definition) is 1. The molecule has 2 aromatic carbocycles. The summed E-state index contributed by atoms with van der Waals surface area (Å²) in [5.74, 6) is 1.57. The predicted octanol–water partition coefficient (Wildman–Crippen LogP) is 2.73. The van der Waals surface area contributed by atoms with Crippen molar-refractivity contribution in [2.75, 3.05) is 44.7 Å². The van der Waals surface area contributed by atoms with Crippen molar-refractivity contribution in [2.45, 2.75) is 25.8 Å². The van der Waals surface area contributed by atoms with Crippen LogP contribution in [0.3, 0.4) is 0 Å². The fraction of sp³-hybridized carbons (Fsp3) is 0.417. The zero-order valence-electron chi connectivity index (χ0n) is 18.0. The molecule has 31 heavy (non-hydrogen) atoms. The van der Waals surface area contributed by atoms with Crippen LogP contribution in [-0.2, 0) is 9.59 Å². The standard InChI is InChI=1S/C24H29N3O4/c1-17(2)18-8-9-22-21(12-18)25-23(28)14-26-10-11-27(13-19(26)15-31-22)24(29)16-30-20-6-4-3-5-7-20/h3-9,12,17,19H,10-11,13-16H2,1-2H3,(H,25,28)/t19-/m0/s1. The van der Waals surface area contributed by atoms with Crippen LogP contribution >= 0.6 is 0 Å². The molecule has 1 atom stereocenters. The normalized spacial score (nSPS) is 19.3. The molecule has 0 bridgehead atoms. The highest BCUT2D eigenvalue weighted by atomic mass is 16.5. The Morgan fingerprint density at radius 3 is 2.77 bits per heavy atom. The lowest BCUT2D eigenvalue weighted by molar-refractivity contribution is -0.137. The molecule has 0 radical (unpaired) electrons. The molecule has 0 aliphatic carbocycles. The maximum atomic E-state index is 12.7. The second-order valence-electron chi connectivity index (χ2n) is 8.34. The third kappa shape index (κ3) is 5.17. The number of amides is 2. The topological polar surface area (TPSA) is 71.1 Å². The van der Waals surface area contributed by atoms with Crippen LogP contribution in [0.1, 0.15) is 25.3 Å². The number of nitrogens with zero attached hydrogens (tertiary/aromatic N) is 2. The van der Waals surface area contributed by atoms with Crippen LogP contribution in [0.4, 0.5) is 5.69 Å². The van der Waals surface area contributed by atoms with Crippen LogP contribution in [0.25, 0.3) is 0 Å². The van der Waals surface area contributed by atoms with Gasteiger partial charge in [-0.1, -0.05) is 38.1 Å². The third-order valence-corrected chi connectivity index (χ3v) is 5.79. The Morgan fingerprint density at radius 1 is 1.19 bits per heavy atom. The summed E-state index contributed by atoms with van der Waals surface area (Å²) in [5, 5.41) is 3.00. The summed E-state index contributed by atoms with van der Waals surface area (Å²) < 4.78 is 11.7. The maximum absolute atomic E-state index is 12.7. The van der Waals surface area contributed by atoms with Gasteiger partial charge in [0.25, 0.3) is 5.91 Å². The quantitative estimate of drug-likeness (QED) is 0.819. The Bertz CT molecular complexity index is 932. The Hall–Kier alpha value is -3.06. The molecule has 1 saturated heterocycles. The van der Waals surface area contributed by atoms with Crippen molar-refractivity contribution in [1.29, 1.82) is 0 Å². The van der Waals surface area contributed by atoms with Crippen LogP contribution < -0.4 is 14.8 Å². The molecule has 2 aromatic rings. The summed E-state index contributed by atoms with van der Waals surface area (Å²) in [6.07, 6.45) is 0. The maximum Gasteiger partial charge on any atom is 0.260 e. The van der Waals surface area contributed by atoms with E-state index in [0.717, 1.165) is 5.56 Å². The van der Waals surface area contributed by atoms with Gasteiger partial charge in [0, 0.05) is 19.6 Å². The van der Waals surface area contributed by atoms with Crippen LogP contribution in [0.15, 0.2) is 48.5 Å². The number of anilines is 1. The molecule has 0 spiro atoms. The van der Waals surface area contributed by atoms with Crippen molar-refractivity contribution in [3.8, 4) is 11.5 Å². The van der Waals surface area contributed by atoms with Gasteiger partial charge < -0.3 is 19.7 Å². The average Bonchev–Trinajstić information content (AvgIpc) is 2.84. The smallest absolute Gasteiger partial charge is 0.260 e. The highest BCUT2D eigenvalue weighted by molar-refractivity contribution is 5.94. The van der Waals surface area contributed by atoms with Crippen LogP contribution in [-0.4, -0.2) is 67.0 Å². The van der Waals surface area contributed by atoms with Gasteiger partial charge in [0.2, 0.25) is 5.91 Å². The largest absolute Gasteiger partial charge is 0.490 e. The van der Waals surface area contributed by atoms with Crippen molar-refractivity contribution in [2.24, 2.45) is 0 Å². The first kappa shape index (κ1) is 21.2. The van der Waals surface area contributed by atoms with Crippen molar-refractivity contribution < 1.29 is 19.1 Å². The second kappa shape index (κ2) is 9.39. The van der Waals surface area contributed by atoms with Gasteiger partial charge in [-0.15, -0.1) is 0 Å². The number of carbonyl (C=O) groups excluding carboxylic acids is 2. The van der Waals surface area contributed by atoms with E-state index in [4.69, 9.17) is 9.47 Å². The Morgan fingerprint density at radius 2 is 2.00 bits per heavy atom. The number of piperazine rings is 1. The molecule has 4 rings (SSSR count). The van der Waals surface area contributed by atoms with E-state index >= 15 is 0 Å². The molecule has 2 aliphatic heterocycles. The minimum Gasteiger partial charge on any atom is -0.490 e. The summed E-state index contributed by atoms with van der Waals surface area (Å²) >= 11 is 0. The van der Waals surface area contributed by atoms with Gasteiger partial charge in [0.15, 0.2) is 6.61 Å². The molecule has 0 saturated carbocycles. The summed E-state index contributed by atoms with van der Waals surface area (Å²) in [6, 6.07) is 15.2. The summed E-state index contributed by atoms with van der Waals surface area (Å²) in [4.78, 5) is 29.2. The fourth-order valence-corrected chi connectivity index (χ4v) is 3.93. The molecule has 2 amide bonds. The van der Waals surface area contributed by atoms with Crippen molar-refractivity contribution >= 4 is 17.5 Å². The van der Waals surface area contributed by atoms with E-state index in [2.05, 4.69) is 24.1 Å². The van der Waals surface area contributed by atoms with Gasteiger partial charge in [-0.05, 0) is 35.7 Å². The van der Waals surface area contributed by atoms with Crippen molar-refractivity contribution in [3.63, 3.8) is 0 Å². The van der Waals surface area contributed by atoms with Crippen LogP contribution in [0.2, 0.25) is 0 Å². The van der Waals surface area contributed by atoms with Gasteiger partial charge in [0.1, 0.15) is 18.1 Å². The number of nitrogens with one attached hydrogen (secondary N) is 1. The first-order valence-electron chi connectivity index (χ1n) is 10.8. The Balaban J connectivity index is 1.42. The Kier molecular flexibility index (Phi) is 6.42. The molecule has 1 fully saturated rings. The van der Waals surface area contributed by atoms with E-state index in [1.54, 1.807) is 4.90 Å². The summed E-state index contributed by atoms with van der Waals surface area (Å²) in [7, 11) is 0. The summed E-state index contributed by atoms with van der Waals surface area (Å²) in [5.41, 5.74) is 1.86. The number of hydrogen-bond acceptors (Lipinski definition) is 5. The van der Waals surface area contributed by atoms with Gasteiger partial charge in [-0.25, -0.2) is 0 Å². The molecule has 7 nitrogen and oxygen atoms in total. The van der Waals surface area contributed by atoms with Gasteiger partial charge >= 0.3 is 0 Å². The lowest BCUT2D eigenvalue weighted by Crippen LogP contribution is -2.58. The minimum absolute atomic E-state index is 0.00110. The number of para-hydroxylation sites is 1. The zero-order valence-corrected chi connectivity index (χ0v) is 18.0. The number of carbonyl (C=O) groups is 2. The lowest BCUT2D eigenvalue weighted by atomic mass is 10.0. The number of benzene rings is 2. The minimum atomic E-state index is -0.0650. The predicted molar refractivity (Wildman–Crippen MR) is 119 cm³/mol. The van der Waals surface area contributed by atoms with E-state index in [1.165, 1.54) is 0 Å². The van der Waals surface area contributed by atoms with Crippen molar-refractivity contribution in [1.82, 2.24) is 9.80 Å². The van der Waals surface area contributed by atoms with Crippen LogP contribution in [0.5, 0.6) is 11.5 Å². The van der Waals surface area contributed by atoms with E-state index in [9.17, 15) is 9.59 Å². The molecular weight excluding hydrogens is 394 g/mol. The third-order valence-electron chi connectivity index (χ3n) is 5.79. The molecule has 2 aliphatic rings. The fourth-order valence-electron chi connectivity index (χ4n) is 3.93. The first-order valence-corrected chi connectivity index (χ1v) is 10.8. The molecule has 7 heteroatoms. The number of ether oxygens (including phenoxy) is 2. The zero-order chi connectivity index (χ0) is 21.8. The molecule has 2 heterocycles. The van der Waals surface area contributed by atoms with Gasteiger partial charge in [-0.3, -0.25) is 14.5 Å². The molecule has 0 aromatic heterocycles. The average molecular weight is 424 g/mol. The highest BCUT2D eigenvalue weighted by Crippen LogP contribution is 2.30. The Labute approximate surface area is 182 Å². The van der Waals surface area contributed by atoms with E-state index in [1.807, 2.05) is 48.5 Å². The molecular formula is C24H29N3O4. The van der Waals surface area contributed by atoms with Gasteiger partial charge in [0.05, 0.1) is 18.3 Å². The molecule has 1 N–H and O–H groups in total. The first-order chi connectivity index (χ1) is 15.0. The summed E-state index contributed by atoms with van der Waals surface area (Å²) in [6.45, 7) is 6.61. The molecule has 164 valence electrons.